The Labute approximate surface area is 185 Å². The zero-order valence-corrected chi connectivity index (χ0v) is 17.8. The molecule has 0 saturated carbocycles. The maximum Gasteiger partial charge on any atom is 0.277 e. The van der Waals surface area contributed by atoms with E-state index >= 15 is 0 Å². The SMILES string of the molecule is CCOc1ccc([C@@H](NC(=O)CCn2nnc3ccccc3c2=O)c2ccccc2)cc1. The molecule has 1 N–H and O–H groups in total. The quantitative estimate of drug-likeness (QED) is 0.464. The number of hydrogen-bond acceptors (Lipinski definition) is 5. The van der Waals surface area contributed by atoms with Gasteiger partial charge in [0.15, 0.2) is 0 Å². The molecule has 7 nitrogen and oxygen atoms in total. The van der Waals surface area contributed by atoms with E-state index in [4.69, 9.17) is 4.74 Å². The van der Waals surface area contributed by atoms with Gasteiger partial charge in [-0.2, -0.15) is 0 Å². The van der Waals surface area contributed by atoms with Crippen LogP contribution in [0.5, 0.6) is 5.75 Å². The zero-order valence-electron chi connectivity index (χ0n) is 17.8. The highest BCUT2D eigenvalue weighted by Crippen LogP contribution is 2.24. The number of benzene rings is 3. The fourth-order valence-electron chi connectivity index (χ4n) is 3.54. The van der Waals surface area contributed by atoms with E-state index in [-0.39, 0.29) is 30.5 Å². The minimum absolute atomic E-state index is 0.104. The van der Waals surface area contributed by atoms with Gasteiger partial charge in [-0.05, 0) is 42.3 Å². The molecular formula is C25H24N4O3. The number of amides is 1. The first kappa shape index (κ1) is 21.2. The highest BCUT2D eigenvalue weighted by Gasteiger charge is 2.17. The number of hydrogen-bond donors (Lipinski definition) is 1. The van der Waals surface area contributed by atoms with Crippen LogP contribution in [0.15, 0.2) is 83.7 Å². The summed E-state index contributed by atoms with van der Waals surface area (Å²) in [5.41, 5.74) is 2.19. The number of ether oxygens (including phenoxy) is 1. The average molecular weight is 428 g/mol. The molecule has 32 heavy (non-hydrogen) atoms. The van der Waals surface area contributed by atoms with Gasteiger partial charge in [-0.3, -0.25) is 9.59 Å². The minimum Gasteiger partial charge on any atom is -0.494 e. The molecule has 0 radical (unpaired) electrons. The summed E-state index contributed by atoms with van der Waals surface area (Å²) in [5, 5.41) is 11.6. The van der Waals surface area contributed by atoms with Gasteiger partial charge in [-0.1, -0.05) is 59.8 Å². The fraction of sp³-hybridized carbons (Fsp3) is 0.200. The van der Waals surface area contributed by atoms with Crippen molar-refractivity contribution in [1.29, 1.82) is 0 Å². The molecule has 1 heterocycles. The van der Waals surface area contributed by atoms with Crippen molar-refractivity contribution in [1.82, 2.24) is 20.3 Å². The van der Waals surface area contributed by atoms with Crippen LogP contribution in [0.3, 0.4) is 0 Å². The molecule has 0 saturated heterocycles. The number of aromatic nitrogens is 3. The Morgan fingerprint density at radius 1 is 0.969 bits per heavy atom. The predicted octanol–water partition coefficient (Wildman–Crippen LogP) is 3.49. The number of rotatable bonds is 8. The molecule has 1 amide bonds. The number of carbonyl (C=O) groups is 1. The summed E-state index contributed by atoms with van der Waals surface area (Å²) in [6.07, 6.45) is 0.104. The van der Waals surface area contributed by atoms with Crippen molar-refractivity contribution in [3.8, 4) is 5.75 Å². The van der Waals surface area contributed by atoms with E-state index in [0.29, 0.717) is 17.5 Å². The van der Waals surface area contributed by atoms with Gasteiger partial charge in [0.25, 0.3) is 5.56 Å². The van der Waals surface area contributed by atoms with Crippen molar-refractivity contribution in [3.63, 3.8) is 0 Å². The van der Waals surface area contributed by atoms with Crippen molar-refractivity contribution in [2.45, 2.75) is 25.9 Å². The number of nitrogens with zero attached hydrogens (tertiary/aromatic N) is 3. The van der Waals surface area contributed by atoms with Gasteiger partial charge in [0.2, 0.25) is 5.91 Å². The molecule has 4 aromatic rings. The monoisotopic (exact) mass is 428 g/mol. The molecule has 7 heteroatoms. The van der Waals surface area contributed by atoms with Crippen LogP contribution in [0.1, 0.15) is 30.5 Å². The summed E-state index contributed by atoms with van der Waals surface area (Å²) in [6.45, 7) is 2.68. The Hall–Kier alpha value is -4.00. The Bertz CT molecular complexity index is 1250. The second-order valence-corrected chi connectivity index (χ2v) is 7.30. The first-order valence-corrected chi connectivity index (χ1v) is 10.6. The van der Waals surface area contributed by atoms with Gasteiger partial charge >= 0.3 is 0 Å². The molecule has 0 aliphatic rings. The molecule has 0 aliphatic heterocycles. The molecule has 0 unspecified atom stereocenters. The van der Waals surface area contributed by atoms with Crippen molar-refractivity contribution in [2.75, 3.05) is 6.61 Å². The minimum atomic E-state index is -0.321. The second-order valence-electron chi connectivity index (χ2n) is 7.30. The Morgan fingerprint density at radius 3 is 2.41 bits per heavy atom. The van der Waals surface area contributed by atoms with Crippen LogP contribution in [0.25, 0.3) is 10.9 Å². The highest BCUT2D eigenvalue weighted by molar-refractivity contribution is 5.77. The van der Waals surface area contributed by atoms with Crippen molar-refractivity contribution >= 4 is 16.8 Å². The van der Waals surface area contributed by atoms with E-state index in [0.717, 1.165) is 16.9 Å². The van der Waals surface area contributed by atoms with Crippen LogP contribution in [0.2, 0.25) is 0 Å². The summed E-state index contributed by atoms with van der Waals surface area (Å²) in [6, 6.07) is 24.2. The molecule has 162 valence electrons. The summed E-state index contributed by atoms with van der Waals surface area (Å²) in [7, 11) is 0. The van der Waals surface area contributed by atoms with Gasteiger partial charge in [0.05, 0.1) is 24.6 Å². The van der Waals surface area contributed by atoms with Crippen LogP contribution in [-0.2, 0) is 11.3 Å². The first-order valence-electron chi connectivity index (χ1n) is 10.6. The van der Waals surface area contributed by atoms with Gasteiger partial charge < -0.3 is 10.1 Å². The summed E-state index contributed by atoms with van der Waals surface area (Å²) >= 11 is 0. The van der Waals surface area contributed by atoms with E-state index in [1.54, 1.807) is 24.3 Å². The highest BCUT2D eigenvalue weighted by atomic mass is 16.5. The molecule has 3 aromatic carbocycles. The van der Waals surface area contributed by atoms with Gasteiger partial charge in [0.1, 0.15) is 11.3 Å². The summed E-state index contributed by atoms with van der Waals surface area (Å²) in [4.78, 5) is 25.4. The normalized spacial score (nSPS) is 11.8. The molecule has 1 aromatic heterocycles. The largest absolute Gasteiger partial charge is 0.494 e. The molecular weight excluding hydrogens is 404 g/mol. The van der Waals surface area contributed by atoms with Crippen LogP contribution < -0.4 is 15.6 Å². The van der Waals surface area contributed by atoms with Crippen LogP contribution >= 0.6 is 0 Å². The van der Waals surface area contributed by atoms with E-state index < -0.39 is 0 Å². The molecule has 4 rings (SSSR count). The number of aryl methyl sites for hydroxylation is 1. The maximum atomic E-state index is 12.8. The van der Waals surface area contributed by atoms with Crippen molar-refractivity contribution < 1.29 is 9.53 Å². The summed E-state index contributed by atoms with van der Waals surface area (Å²) < 4.78 is 6.76. The molecule has 0 bridgehead atoms. The topological polar surface area (TPSA) is 86.1 Å². The Balaban J connectivity index is 1.50. The zero-order chi connectivity index (χ0) is 22.3. The lowest BCUT2D eigenvalue weighted by Gasteiger charge is -2.20. The third kappa shape index (κ3) is 4.83. The third-order valence-electron chi connectivity index (χ3n) is 5.14. The lowest BCUT2D eigenvalue weighted by atomic mass is 9.98. The van der Waals surface area contributed by atoms with Crippen LogP contribution in [0, 0.1) is 0 Å². The van der Waals surface area contributed by atoms with Crippen LogP contribution in [-0.4, -0.2) is 27.5 Å². The lowest BCUT2D eigenvalue weighted by Crippen LogP contribution is -2.32. The van der Waals surface area contributed by atoms with E-state index in [2.05, 4.69) is 15.6 Å². The number of fused-ring (bicyclic) bond motifs is 1. The van der Waals surface area contributed by atoms with Crippen LogP contribution in [0.4, 0.5) is 0 Å². The van der Waals surface area contributed by atoms with Crippen molar-refractivity contribution in [3.05, 3.63) is 100 Å². The molecule has 1 atom stereocenters. The smallest absolute Gasteiger partial charge is 0.277 e. The fourth-order valence-corrected chi connectivity index (χ4v) is 3.54. The van der Waals surface area contributed by atoms with Crippen molar-refractivity contribution in [2.24, 2.45) is 0 Å². The van der Waals surface area contributed by atoms with E-state index in [9.17, 15) is 9.59 Å². The second kappa shape index (κ2) is 9.87. The predicted molar refractivity (Wildman–Crippen MR) is 122 cm³/mol. The third-order valence-corrected chi connectivity index (χ3v) is 5.14. The number of carbonyl (C=O) groups excluding carboxylic acids is 1. The maximum absolute atomic E-state index is 12.8. The first-order chi connectivity index (χ1) is 15.7. The Morgan fingerprint density at radius 2 is 1.66 bits per heavy atom. The van der Waals surface area contributed by atoms with Gasteiger partial charge in [-0.15, -0.1) is 5.10 Å². The average Bonchev–Trinajstić information content (AvgIpc) is 2.84. The summed E-state index contributed by atoms with van der Waals surface area (Å²) in [5.74, 6) is 0.596. The van der Waals surface area contributed by atoms with E-state index in [1.807, 2.05) is 61.5 Å². The van der Waals surface area contributed by atoms with Gasteiger partial charge in [0, 0.05) is 6.42 Å². The number of nitrogens with one attached hydrogen (secondary N) is 1. The molecule has 0 fully saturated rings. The standard InChI is InChI=1S/C25H24N4O3/c1-2-32-20-14-12-19(13-15-20)24(18-8-4-3-5-9-18)26-23(30)16-17-29-25(31)21-10-6-7-11-22(21)27-28-29/h3-15,24H,2,16-17H2,1H3,(H,26,30)/t24-/m0/s1. The Kier molecular flexibility index (Phi) is 6.55. The van der Waals surface area contributed by atoms with E-state index in [1.165, 1.54) is 4.68 Å². The van der Waals surface area contributed by atoms with Gasteiger partial charge in [-0.25, -0.2) is 4.68 Å². The molecule has 0 spiro atoms. The molecule has 0 aliphatic carbocycles. The lowest BCUT2D eigenvalue weighted by molar-refractivity contribution is -0.121.